The molecule has 0 aromatic carbocycles. The standard InChI is InChI=1S/C13H26N2O2S.ClH/c1-2-3-12-18(16,17)15-11-10-14-13-8-6-4-5-7-9-13;/h2,13-15H,1,3-12H2;1H. The molecule has 0 heterocycles. The van der Waals surface area contributed by atoms with Gasteiger partial charge in [0, 0.05) is 19.1 Å². The normalized spacial score (nSPS) is 17.5. The summed E-state index contributed by atoms with van der Waals surface area (Å²) in [6.07, 6.45) is 9.85. The molecule has 0 aliphatic heterocycles. The van der Waals surface area contributed by atoms with Crippen molar-refractivity contribution in [3.8, 4) is 0 Å². The van der Waals surface area contributed by atoms with E-state index in [-0.39, 0.29) is 18.2 Å². The SMILES string of the molecule is C=CCCS(=O)(=O)NCCNC1CCCCCC1.Cl. The van der Waals surface area contributed by atoms with Crippen LogP contribution in [0.15, 0.2) is 12.7 Å². The van der Waals surface area contributed by atoms with E-state index < -0.39 is 10.0 Å². The van der Waals surface area contributed by atoms with Gasteiger partial charge in [0.15, 0.2) is 0 Å². The van der Waals surface area contributed by atoms with Gasteiger partial charge in [0.05, 0.1) is 5.75 Å². The first-order chi connectivity index (χ1) is 8.64. The molecule has 0 unspecified atom stereocenters. The molecule has 1 fully saturated rings. The van der Waals surface area contributed by atoms with Crippen molar-refractivity contribution in [2.24, 2.45) is 0 Å². The highest BCUT2D eigenvalue weighted by Gasteiger charge is 2.12. The highest BCUT2D eigenvalue weighted by atomic mass is 35.5. The third kappa shape index (κ3) is 9.44. The van der Waals surface area contributed by atoms with Crippen molar-refractivity contribution in [2.75, 3.05) is 18.8 Å². The first-order valence-corrected chi connectivity index (χ1v) is 8.61. The third-order valence-electron chi connectivity index (χ3n) is 3.33. The molecular weight excluding hydrogens is 284 g/mol. The molecule has 2 N–H and O–H groups in total. The number of halogens is 1. The summed E-state index contributed by atoms with van der Waals surface area (Å²) in [5.74, 6) is 0.139. The molecule has 19 heavy (non-hydrogen) atoms. The van der Waals surface area contributed by atoms with Gasteiger partial charge in [0.2, 0.25) is 10.0 Å². The number of rotatable bonds is 8. The first-order valence-electron chi connectivity index (χ1n) is 6.95. The minimum Gasteiger partial charge on any atom is -0.313 e. The Bertz CT molecular complexity index is 326. The largest absolute Gasteiger partial charge is 0.313 e. The van der Waals surface area contributed by atoms with E-state index in [0.29, 0.717) is 19.0 Å². The van der Waals surface area contributed by atoms with Crippen LogP contribution in [0.3, 0.4) is 0 Å². The van der Waals surface area contributed by atoms with Crippen molar-refractivity contribution in [1.82, 2.24) is 10.0 Å². The van der Waals surface area contributed by atoms with E-state index in [4.69, 9.17) is 0 Å². The molecule has 1 aliphatic carbocycles. The second-order valence-corrected chi connectivity index (χ2v) is 6.86. The summed E-state index contributed by atoms with van der Waals surface area (Å²) in [7, 11) is -3.12. The van der Waals surface area contributed by atoms with E-state index in [1.807, 2.05) is 0 Å². The van der Waals surface area contributed by atoms with Gasteiger partial charge in [-0.1, -0.05) is 31.8 Å². The zero-order chi connectivity index (χ0) is 13.3. The van der Waals surface area contributed by atoms with E-state index in [0.717, 1.165) is 6.54 Å². The molecular formula is C13H27ClN2O2S. The number of hydrogen-bond acceptors (Lipinski definition) is 3. The quantitative estimate of drug-likeness (QED) is 0.410. The molecule has 0 bridgehead atoms. The van der Waals surface area contributed by atoms with Gasteiger partial charge in [-0.3, -0.25) is 0 Å². The molecule has 0 aromatic heterocycles. The number of nitrogens with one attached hydrogen (secondary N) is 2. The molecule has 6 heteroatoms. The van der Waals surface area contributed by atoms with Gasteiger partial charge in [-0.25, -0.2) is 13.1 Å². The van der Waals surface area contributed by atoms with E-state index in [1.54, 1.807) is 6.08 Å². The summed E-state index contributed by atoms with van der Waals surface area (Å²) in [4.78, 5) is 0. The van der Waals surface area contributed by atoms with Crippen LogP contribution >= 0.6 is 12.4 Å². The van der Waals surface area contributed by atoms with Crippen LogP contribution < -0.4 is 10.0 Å². The van der Waals surface area contributed by atoms with Crippen LogP contribution in [0.5, 0.6) is 0 Å². The lowest BCUT2D eigenvalue weighted by molar-refractivity contribution is 0.461. The van der Waals surface area contributed by atoms with Crippen molar-refractivity contribution in [3.05, 3.63) is 12.7 Å². The van der Waals surface area contributed by atoms with Gasteiger partial charge in [0.1, 0.15) is 0 Å². The maximum atomic E-state index is 11.5. The molecule has 0 spiro atoms. The predicted octanol–water partition coefficient (Wildman–Crippen LogP) is 2.22. The fraction of sp³-hybridized carbons (Fsp3) is 0.846. The minimum absolute atomic E-state index is 0. The lowest BCUT2D eigenvalue weighted by atomic mass is 10.1. The third-order valence-corrected chi connectivity index (χ3v) is 4.74. The van der Waals surface area contributed by atoms with Crippen LogP contribution in [0.2, 0.25) is 0 Å². The van der Waals surface area contributed by atoms with Crippen molar-refractivity contribution in [2.45, 2.75) is 51.0 Å². The van der Waals surface area contributed by atoms with Crippen molar-refractivity contribution >= 4 is 22.4 Å². The lowest BCUT2D eigenvalue weighted by Gasteiger charge is -2.16. The molecule has 0 amide bonds. The molecule has 4 nitrogen and oxygen atoms in total. The van der Waals surface area contributed by atoms with E-state index in [9.17, 15) is 8.42 Å². The zero-order valence-electron chi connectivity index (χ0n) is 11.6. The summed E-state index contributed by atoms with van der Waals surface area (Å²) < 4.78 is 25.6. The number of hydrogen-bond donors (Lipinski definition) is 2. The Hall–Kier alpha value is -0.100. The maximum Gasteiger partial charge on any atom is 0.211 e. The van der Waals surface area contributed by atoms with E-state index in [2.05, 4.69) is 16.6 Å². The Morgan fingerprint density at radius 1 is 1.11 bits per heavy atom. The molecule has 0 atom stereocenters. The molecule has 1 rings (SSSR count). The topological polar surface area (TPSA) is 58.2 Å². The van der Waals surface area contributed by atoms with Gasteiger partial charge < -0.3 is 5.32 Å². The number of allylic oxidation sites excluding steroid dienone is 1. The Labute approximate surface area is 123 Å². The average Bonchev–Trinajstić information content (AvgIpc) is 2.61. The van der Waals surface area contributed by atoms with Gasteiger partial charge in [-0.05, 0) is 19.3 Å². The average molecular weight is 311 g/mol. The summed E-state index contributed by atoms with van der Waals surface area (Å²) in [6.45, 7) is 4.73. The Morgan fingerprint density at radius 3 is 2.32 bits per heavy atom. The minimum atomic E-state index is -3.12. The van der Waals surface area contributed by atoms with Crippen LogP contribution in [0.25, 0.3) is 0 Å². The van der Waals surface area contributed by atoms with Crippen molar-refractivity contribution in [1.29, 1.82) is 0 Å². The summed E-state index contributed by atoms with van der Waals surface area (Å²) in [5, 5.41) is 3.44. The summed E-state index contributed by atoms with van der Waals surface area (Å²) in [6, 6.07) is 0.574. The van der Waals surface area contributed by atoms with E-state index >= 15 is 0 Å². The number of sulfonamides is 1. The molecule has 0 aromatic rings. The van der Waals surface area contributed by atoms with Crippen molar-refractivity contribution in [3.63, 3.8) is 0 Å². The second-order valence-electron chi connectivity index (χ2n) is 4.93. The smallest absolute Gasteiger partial charge is 0.211 e. The Balaban J connectivity index is 0.00000324. The predicted molar refractivity (Wildman–Crippen MR) is 83.3 cm³/mol. The van der Waals surface area contributed by atoms with Crippen LogP contribution in [0.1, 0.15) is 44.9 Å². The summed E-state index contributed by atoms with van der Waals surface area (Å²) >= 11 is 0. The first kappa shape index (κ1) is 18.9. The monoisotopic (exact) mass is 310 g/mol. The molecule has 0 radical (unpaired) electrons. The molecule has 1 saturated carbocycles. The van der Waals surface area contributed by atoms with Crippen molar-refractivity contribution < 1.29 is 8.42 Å². The Morgan fingerprint density at radius 2 is 1.74 bits per heavy atom. The molecule has 0 saturated heterocycles. The Kier molecular flexibility index (Phi) is 10.6. The second kappa shape index (κ2) is 10.7. The highest BCUT2D eigenvalue weighted by molar-refractivity contribution is 7.89. The molecule has 114 valence electrons. The lowest BCUT2D eigenvalue weighted by Crippen LogP contribution is -2.37. The van der Waals surface area contributed by atoms with Crippen LogP contribution in [-0.2, 0) is 10.0 Å². The van der Waals surface area contributed by atoms with Gasteiger partial charge in [0.25, 0.3) is 0 Å². The van der Waals surface area contributed by atoms with Gasteiger partial charge in [-0.15, -0.1) is 19.0 Å². The van der Waals surface area contributed by atoms with Gasteiger partial charge >= 0.3 is 0 Å². The highest BCUT2D eigenvalue weighted by Crippen LogP contribution is 2.16. The maximum absolute atomic E-state index is 11.5. The zero-order valence-corrected chi connectivity index (χ0v) is 13.2. The molecule has 1 aliphatic rings. The van der Waals surface area contributed by atoms with Crippen LogP contribution in [-0.4, -0.2) is 33.3 Å². The fourth-order valence-electron chi connectivity index (χ4n) is 2.28. The summed E-state index contributed by atoms with van der Waals surface area (Å²) in [5.41, 5.74) is 0. The van der Waals surface area contributed by atoms with Crippen LogP contribution in [0, 0.1) is 0 Å². The van der Waals surface area contributed by atoms with Gasteiger partial charge in [-0.2, -0.15) is 0 Å². The van der Waals surface area contributed by atoms with Crippen LogP contribution in [0.4, 0.5) is 0 Å². The van der Waals surface area contributed by atoms with E-state index in [1.165, 1.54) is 38.5 Å². The fourth-order valence-corrected chi connectivity index (χ4v) is 3.31.